The highest BCUT2D eigenvalue weighted by molar-refractivity contribution is 8.16. The first-order valence-corrected chi connectivity index (χ1v) is 13.7. The molecule has 2 amide bonds. The maximum Gasteiger partial charge on any atom is 0.319 e. The van der Waals surface area contributed by atoms with Crippen molar-refractivity contribution < 1.29 is 4.79 Å². The number of hydrogen-bond donors (Lipinski definition) is 2. The molecule has 0 bridgehead atoms. The van der Waals surface area contributed by atoms with E-state index in [9.17, 15) is 4.79 Å². The molecule has 0 aromatic heterocycles. The van der Waals surface area contributed by atoms with Crippen molar-refractivity contribution in [2.75, 3.05) is 56.1 Å². The van der Waals surface area contributed by atoms with Gasteiger partial charge in [0, 0.05) is 45.0 Å². The van der Waals surface area contributed by atoms with Gasteiger partial charge < -0.3 is 15.5 Å². The van der Waals surface area contributed by atoms with Crippen LogP contribution in [-0.4, -0.2) is 66.6 Å². The first-order chi connectivity index (χ1) is 15.8. The number of nitrogens with zero attached hydrogens (tertiary/aromatic N) is 2. The third-order valence-corrected chi connectivity index (χ3v) is 8.91. The van der Waals surface area contributed by atoms with Crippen molar-refractivity contribution in [2.24, 2.45) is 0 Å². The van der Waals surface area contributed by atoms with Gasteiger partial charge in [-0.25, -0.2) is 4.79 Å². The first-order valence-electron chi connectivity index (χ1n) is 11.6. The van der Waals surface area contributed by atoms with Gasteiger partial charge >= 0.3 is 6.03 Å². The van der Waals surface area contributed by atoms with E-state index in [4.69, 9.17) is 0 Å². The standard InChI is InChI=1S/C25H34N4OS2/c30-25(27-23-10-4-9-22(19-23)24-31-17-6-18-32-24)26-11-5-12-28-13-15-29(16-14-28)20-21-7-2-1-3-8-21/h1-4,7-10,19,24H,5-6,11-18,20H2,(H2,26,27,30). The van der Waals surface area contributed by atoms with Crippen LogP contribution in [0.4, 0.5) is 10.5 Å². The molecule has 32 heavy (non-hydrogen) atoms. The van der Waals surface area contributed by atoms with Crippen molar-refractivity contribution >= 4 is 35.2 Å². The molecule has 0 saturated carbocycles. The number of carbonyl (C=O) groups excluding carboxylic acids is 1. The van der Waals surface area contributed by atoms with Crippen molar-refractivity contribution in [1.29, 1.82) is 0 Å². The van der Waals surface area contributed by atoms with Crippen LogP contribution in [0.1, 0.15) is 28.6 Å². The summed E-state index contributed by atoms with van der Waals surface area (Å²) in [4.78, 5) is 17.3. The number of carbonyl (C=O) groups is 1. The van der Waals surface area contributed by atoms with E-state index in [-0.39, 0.29) is 6.03 Å². The van der Waals surface area contributed by atoms with E-state index in [0.29, 0.717) is 11.1 Å². The SMILES string of the molecule is O=C(NCCCN1CCN(Cc2ccccc2)CC1)Nc1cccc(C2SCCCS2)c1. The van der Waals surface area contributed by atoms with Crippen LogP contribution in [0.5, 0.6) is 0 Å². The monoisotopic (exact) mass is 470 g/mol. The second-order valence-corrected chi connectivity index (χ2v) is 11.1. The zero-order valence-electron chi connectivity index (χ0n) is 18.7. The first kappa shape index (κ1) is 23.5. The van der Waals surface area contributed by atoms with Crippen LogP contribution >= 0.6 is 23.5 Å². The van der Waals surface area contributed by atoms with Gasteiger partial charge in [0.25, 0.3) is 0 Å². The van der Waals surface area contributed by atoms with Crippen molar-refractivity contribution in [3.63, 3.8) is 0 Å². The molecule has 2 fully saturated rings. The summed E-state index contributed by atoms with van der Waals surface area (Å²) >= 11 is 4.00. The lowest BCUT2D eigenvalue weighted by Gasteiger charge is -2.34. The van der Waals surface area contributed by atoms with Crippen LogP contribution in [0.25, 0.3) is 0 Å². The molecule has 5 nitrogen and oxygen atoms in total. The second-order valence-electron chi connectivity index (χ2n) is 8.39. The Hall–Kier alpha value is -1.67. The van der Waals surface area contributed by atoms with Crippen LogP contribution in [0.3, 0.4) is 0 Å². The summed E-state index contributed by atoms with van der Waals surface area (Å²) in [5.74, 6) is 2.44. The molecular weight excluding hydrogens is 436 g/mol. The molecule has 0 aliphatic carbocycles. The number of benzene rings is 2. The largest absolute Gasteiger partial charge is 0.338 e. The summed E-state index contributed by atoms with van der Waals surface area (Å²) in [5, 5.41) is 6.01. The lowest BCUT2D eigenvalue weighted by molar-refractivity contribution is 0.126. The van der Waals surface area contributed by atoms with E-state index >= 15 is 0 Å². The molecule has 2 aliphatic heterocycles. The van der Waals surface area contributed by atoms with Crippen molar-refractivity contribution in [2.45, 2.75) is 24.0 Å². The molecule has 4 rings (SSSR count). The van der Waals surface area contributed by atoms with Gasteiger partial charge in [0.15, 0.2) is 0 Å². The highest BCUT2D eigenvalue weighted by Gasteiger charge is 2.18. The highest BCUT2D eigenvalue weighted by atomic mass is 32.2. The topological polar surface area (TPSA) is 47.6 Å². The molecule has 2 saturated heterocycles. The summed E-state index contributed by atoms with van der Waals surface area (Å²) in [6.45, 7) is 7.18. The van der Waals surface area contributed by atoms with E-state index < -0.39 is 0 Å². The molecule has 0 atom stereocenters. The summed E-state index contributed by atoms with van der Waals surface area (Å²) in [6.07, 6.45) is 2.26. The van der Waals surface area contributed by atoms with Gasteiger partial charge in [0.1, 0.15) is 0 Å². The van der Waals surface area contributed by atoms with E-state index in [1.165, 1.54) is 29.1 Å². The minimum atomic E-state index is -0.112. The van der Waals surface area contributed by atoms with Crippen molar-refractivity contribution in [1.82, 2.24) is 15.1 Å². The number of piperazine rings is 1. The Bertz CT molecular complexity index is 837. The van der Waals surface area contributed by atoms with Gasteiger partial charge in [0.05, 0.1) is 4.58 Å². The Morgan fingerprint density at radius 1 is 0.938 bits per heavy atom. The third-order valence-electron chi connectivity index (χ3n) is 5.89. The lowest BCUT2D eigenvalue weighted by Crippen LogP contribution is -2.46. The van der Waals surface area contributed by atoms with Crippen LogP contribution in [0.2, 0.25) is 0 Å². The molecule has 0 unspecified atom stereocenters. The maximum absolute atomic E-state index is 12.3. The quantitative estimate of drug-likeness (QED) is 0.538. The van der Waals surface area contributed by atoms with Crippen molar-refractivity contribution in [3.05, 3.63) is 65.7 Å². The molecule has 2 aromatic carbocycles. The summed E-state index contributed by atoms with van der Waals surface area (Å²) in [7, 11) is 0. The number of urea groups is 1. The maximum atomic E-state index is 12.3. The van der Waals surface area contributed by atoms with Gasteiger partial charge in [-0.15, -0.1) is 23.5 Å². The van der Waals surface area contributed by atoms with Crippen molar-refractivity contribution in [3.8, 4) is 0 Å². The average Bonchev–Trinajstić information content (AvgIpc) is 2.84. The Kier molecular flexibility index (Phi) is 9.20. The zero-order chi connectivity index (χ0) is 22.0. The van der Waals surface area contributed by atoms with Crippen LogP contribution in [-0.2, 0) is 6.54 Å². The third kappa shape index (κ3) is 7.44. The number of thioether (sulfide) groups is 2. The van der Waals surface area contributed by atoms with Crippen LogP contribution in [0, 0.1) is 0 Å². The van der Waals surface area contributed by atoms with Gasteiger partial charge in [-0.05, 0) is 54.2 Å². The number of hydrogen-bond acceptors (Lipinski definition) is 5. The summed E-state index contributed by atoms with van der Waals surface area (Å²) < 4.78 is 0.488. The molecule has 7 heteroatoms. The Morgan fingerprint density at radius 2 is 1.69 bits per heavy atom. The number of anilines is 1. The van der Waals surface area contributed by atoms with Gasteiger partial charge in [-0.3, -0.25) is 4.90 Å². The number of nitrogens with one attached hydrogen (secondary N) is 2. The molecule has 0 spiro atoms. The predicted octanol–water partition coefficient (Wildman–Crippen LogP) is 4.88. The molecule has 2 aromatic rings. The minimum Gasteiger partial charge on any atom is -0.338 e. The molecule has 2 aliphatic rings. The number of rotatable bonds is 8. The Morgan fingerprint density at radius 3 is 2.47 bits per heavy atom. The predicted molar refractivity (Wildman–Crippen MR) is 139 cm³/mol. The second kappa shape index (κ2) is 12.5. The van der Waals surface area contributed by atoms with E-state index in [0.717, 1.165) is 51.4 Å². The molecule has 2 N–H and O–H groups in total. The Balaban J connectivity index is 1.10. The highest BCUT2D eigenvalue weighted by Crippen LogP contribution is 2.44. The number of amides is 2. The normalized spacial score (nSPS) is 18.4. The van der Waals surface area contributed by atoms with Crippen LogP contribution < -0.4 is 10.6 Å². The van der Waals surface area contributed by atoms with Gasteiger partial charge in [-0.1, -0.05) is 42.5 Å². The molecule has 172 valence electrons. The summed E-state index contributed by atoms with van der Waals surface area (Å²) in [6, 6.07) is 18.9. The van der Waals surface area contributed by atoms with E-state index in [1.807, 2.05) is 35.7 Å². The van der Waals surface area contributed by atoms with Crippen LogP contribution in [0.15, 0.2) is 54.6 Å². The average molecular weight is 471 g/mol. The smallest absolute Gasteiger partial charge is 0.319 e. The molecular formula is C25H34N4OS2. The minimum absolute atomic E-state index is 0.112. The fraction of sp³-hybridized carbons (Fsp3) is 0.480. The van der Waals surface area contributed by atoms with E-state index in [1.54, 1.807) is 0 Å². The Labute approximate surface area is 200 Å². The molecule has 2 heterocycles. The fourth-order valence-electron chi connectivity index (χ4n) is 4.14. The van der Waals surface area contributed by atoms with Gasteiger partial charge in [0.2, 0.25) is 0 Å². The van der Waals surface area contributed by atoms with Gasteiger partial charge in [-0.2, -0.15) is 0 Å². The fourth-order valence-corrected chi connectivity index (χ4v) is 7.01. The zero-order valence-corrected chi connectivity index (χ0v) is 20.3. The lowest BCUT2D eigenvalue weighted by atomic mass is 10.2. The van der Waals surface area contributed by atoms with E-state index in [2.05, 4.69) is 62.9 Å². The molecule has 0 radical (unpaired) electrons. The summed E-state index contributed by atoms with van der Waals surface area (Å²) in [5.41, 5.74) is 3.56.